The van der Waals surface area contributed by atoms with Crippen LogP contribution in [0, 0.1) is 11.3 Å². The summed E-state index contributed by atoms with van der Waals surface area (Å²) in [4.78, 5) is 5.36. The molecule has 3 heteroatoms. The zero-order chi connectivity index (χ0) is 28.5. The lowest BCUT2D eigenvalue weighted by Gasteiger charge is -2.16. The fourth-order valence-electron chi connectivity index (χ4n) is 6.84. The van der Waals surface area contributed by atoms with E-state index in [1.807, 2.05) is 12.1 Å². The molecule has 0 atom stereocenters. The first-order valence-corrected chi connectivity index (χ1v) is 14.5. The third-order valence-electron chi connectivity index (χ3n) is 8.76. The van der Waals surface area contributed by atoms with E-state index >= 15 is 0 Å². The molecule has 0 spiro atoms. The van der Waals surface area contributed by atoms with Crippen molar-refractivity contribution in [2.24, 2.45) is 0 Å². The summed E-state index contributed by atoms with van der Waals surface area (Å²) in [6.45, 7) is 0. The van der Waals surface area contributed by atoms with Crippen molar-refractivity contribution in [1.29, 1.82) is 5.26 Å². The van der Waals surface area contributed by atoms with Gasteiger partial charge in [0.25, 0.3) is 0 Å². The van der Waals surface area contributed by atoms with Crippen molar-refractivity contribution >= 4 is 65.2 Å². The van der Waals surface area contributed by atoms with Gasteiger partial charge in [-0.2, -0.15) is 5.26 Å². The Kier molecular flexibility index (Phi) is 4.97. The Balaban J connectivity index is 1.40. The zero-order valence-electron chi connectivity index (χ0n) is 23.1. The fraction of sp³-hybridized carbons (Fsp3) is 0. The molecule has 0 saturated carbocycles. The molecule has 9 rings (SSSR count). The van der Waals surface area contributed by atoms with Crippen molar-refractivity contribution < 1.29 is 0 Å². The molecule has 43 heavy (non-hydrogen) atoms. The number of nitriles is 1. The third-order valence-corrected chi connectivity index (χ3v) is 8.76. The zero-order valence-corrected chi connectivity index (χ0v) is 23.1. The van der Waals surface area contributed by atoms with Crippen LogP contribution >= 0.6 is 0 Å². The Morgan fingerprint density at radius 2 is 1.12 bits per heavy atom. The van der Waals surface area contributed by atoms with Gasteiger partial charge in [0.05, 0.1) is 33.7 Å². The van der Waals surface area contributed by atoms with E-state index in [1.165, 1.54) is 16.3 Å². The number of hydrogen-bond donors (Lipinski definition) is 0. The molecule has 0 saturated heterocycles. The molecule has 2 aromatic heterocycles. The van der Waals surface area contributed by atoms with Crippen LogP contribution in [0.4, 0.5) is 0 Å². The van der Waals surface area contributed by atoms with Gasteiger partial charge in [0.1, 0.15) is 0 Å². The van der Waals surface area contributed by atoms with Crippen LogP contribution in [0.3, 0.4) is 0 Å². The molecule has 7 aromatic carbocycles. The fourth-order valence-corrected chi connectivity index (χ4v) is 6.84. The number of pyridine rings is 1. The van der Waals surface area contributed by atoms with Gasteiger partial charge in [-0.15, -0.1) is 0 Å². The summed E-state index contributed by atoms with van der Waals surface area (Å²) >= 11 is 0. The van der Waals surface area contributed by atoms with Crippen LogP contribution in [0.15, 0.2) is 140 Å². The monoisotopic (exact) mass is 545 g/mol. The van der Waals surface area contributed by atoms with Crippen LogP contribution < -0.4 is 0 Å². The van der Waals surface area contributed by atoms with Gasteiger partial charge in [-0.25, -0.2) is 4.98 Å². The molecule has 0 unspecified atom stereocenters. The average Bonchev–Trinajstić information content (AvgIpc) is 3.40. The molecule has 0 radical (unpaired) electrons. The highest BCUT2D eigenvalue weighted by molar-refractivity contribution is 6.21. The van der Waals surface area contributed by atoms with Gasteiger partial charge in [0.2, 0.25) is 0 Å². The van der Waals surface area contributed by atoms with Gasteiger partial charge in [-0.3, -0.25) is 0 Å². The standard InChI is InChI=1S/C40H23N3/c41-24-25-16-21-37-35(22-25)32-14-5-6-15-36(32)43(37)29-11-7-10-28(23-29)38-33-19-17-26-8-1-3-12-30(26)39(33)42-40-31-13-4-2-9-27(31)18-20-34(38)40/h1-23H. The highest BCUT2D eigenvalue weighted by atomic mass is 15.0. The maximum Gasteiger partial charge on any atom is 0.0991 e. The first-order chi connectivity index (χ1) is 21.3. The molecule has 0 amide bonds. The maximum absolute atomic E-state index is 9.60. The van der Waals surface area contributed by atoms with Gasteiger partial charge in [-0.1, -0.05) is 103 Å². The lowest BCUT2D eigenvalue weighted by Crippen LogP contribution is -1.96. The topological polar surface area (TPSA) is 41.6 Å². The second kappa shape index (κ2) is 9.01. The Bertz CT molecular complexity index is 2540. The van der Waals surface area contributed by atoms with Gasteiger partial charge in [0.15, 0.2) is 0 Å². The van der Waals surface area contributed by atoms with Crippen molar-refractivity contribution in [2.45, 2.75) is 0 Å². The molecule has 9 aromatic rings. The lowest BCUT2D eigenvalue weighted by molar-refractivity contribution is 1.18. The molecular weight excluding hydrogens is 522 g/mol. The van der Waals surface area contributed by atoms with Gasteiger partial charge < -0.3 is 4.57 Å². The normalized spacial score (nSPS) is 11.7. The molecule has 0 aliphatic rings. The van der Waals surface area contributed by atoms with E-state index in [1.54, 1.807) is 0 Å². The molecule has 0 bridgehead atoms. The number of aromatic nitrogens is 2. The van der Waals surface area contributed by atoms with Crippen LogP contribution in [-0.4, -0.2) is 9.55 Å². The SMILES string of the molecule is N#Cc1ccc2c(c1)c1ccccc1n2-c1cccc(-c2c3ccc4ccccc4c3nc3c2ccc2ccccc23)c1. The van der Waals surface area contributed by atoms with Crippen molar-refractivity contribution in [3.8, 4) is 22.9 Å². The smallest absolute Gasteiger partial charge is 0.0991 e. The van der Waals surface area contributed by atoms with Gasteiger partial charge in [0, 0.05) is 43.6 Å². The highest BCUT2D eigenvalue weighted by Crippen LogP contribution is 2.41. The van der Waals surface area contributed by atoms with E-state index in [0.29, 0.717) is 5.56 Å². The number of hydrogen-bond acceptors (Lipinski definition) is 2. The number of para-hydroxylation sites is 1. The number of benzene rings is 7. The molecule has 0 aliphatic carbocycles. The predicted octanol–water partition coefficient (Wildman–Crippen LogP) is 10.3. The Morgan fingerprint density at radius 3 is 1.81 bits per heavy atom. The summed E-state index contributed by atoms with van der Waals surface area (Å²) in [5.74, 6) is 0. The van der Waals surface area contributed by atoms with Crippen LogP contribution in [0.25, 0.3) is 82.0 Å². The average molecular weight is 546 g/mol. The Hall–Kier alpha value is -5.98. The summed E-state index contributed by atoms with van der Waals surface area (Å²) in [6.07, 6.45) is 0. The maximum atomic E-state index is 9.60. The second-order valence-electron chi connectivity index (χ2n) is 11.1. The van der Waals surface area contributed by atoms with Crippen LogP contribution in [0.1, 0.15) is 5.56 Å². The number of fused-ring (bicyclic) bond motifs is 9. The minimum Gasteiger partial charge on any atom is -0.309 e. The summed E-state index contributed by atoms with van der Waals surface area (Å²) in [6, 6.07) is 51.4. The number of nitrogens with zero attached hydrogens (tertiary/aromatic N) is 3. The molecule has 0 fully saturated rings. The minimum atomic E-state index is 0.665. The van der Waals surface area contributed by atoms with E-state index in [-0.39, 0.29) is 0 Å². The van der Waals surface area contributed by atoms with Crippen molar-refractivity contribution in [2.75, 3.05) is 0 Å². The van der Waals surface area contributed by atoms with Crippen LogP contribution in [-0.2, 0) is 0 Å². The third kappa shape index (κ3) is 3.44. The number of rotatable bonds is 2. The van der Waals surface area contributed by atoms with E-state index < -0.39 is 0 Å². The van der Waals surface area contributed by atoms with E-state index in [0.717, 1.165) is 65.6 Å². The Labute approximate surface area is 247 Å². The summed E-state index contributed by atoms with van der Waals surface area (Å²) < 4.78 is 2.31. The predicted molar refractivity (Wildman–Crippen MR) is 179 cm³/mol. The van der Waals surface area contributed by atoms with Crippen molar-refractivity contribution in [3.63, 3.8) is 0 Å². The molecule has 0 aliphatic heterocycles. The summed E-state index contributed by atoms with van der Waals surface area (Å²) in [5.41, 5.74) is 8.30. The quantitative estimate of drug-likeness (QED) is 0.160. The largest absolute Gasteiger partial charge is 0.309 e. The molecular formula is C40H23N3. The summed E-state index contributed by atoms with van der Waals surface area (Å²) in [5, 5.41) is 18.8. The van der Waals surface area contributed by atoms with E-state index in [4.69, 9.17) is 4.98 Å². The van der Waals surface area contributed by atoms with Crippen LogP contribution in [0.2, 0.25) is 0 Å². The molecule has 2 heterocycles. The highest BCUT2D eigenvalue weighted by Gasteiger charge is 2.17. The first kappa shape index (κ1) is 23.7. The van der Waals surface area contributed by atoms with Gasteiger partial charge in [-0.05, 0) is 52.7 Å². The Morgan fingerprint density at radius 1 is 0.488 bits per heavy atom. The molecule has 0 N–H and O–H groups in total. The molecule has 198 valence electrons. The van der Waals surface area contributed by atoms with E-state index in [9.17, 15) is 5.26 Å². The van der Waals surface area contributed by atoms with Gasteiger partial charge >= 0.3 is 0 Å². The second-order valence-corrected chi connectivity index (χ2v) is 11.1. The van der Waals surface area contributed by atoms with Crippen LogP contribution in [0.5, 0.6) is 0 Å². The minimum absolute atomic E-state index is 0.665. The van der Waals surface area contributed by atoms with E-state index in [2.05, 4.69) is 138 Å². The lowest BCUT2D eigenvalue weighted by atomic mass is 9.92. The first-order valence-electron chi connectivity index (χ1n) is 14.5. The summed E-state index contributed by atoms with van der Waals surface area (Å²) in [7, 11) is 0. The molecule has 3 nitrogen and oxygen atoms in total. The van der Waals surface area contributed by atoms with Crippen molar-refractivity contribution in [3.05, 3.63) is 145 Å². The van der Waals surface area contributed by atoms with Crippen molar-refractivity contribution in [1.82, 2.24) is 9.55 Å².